The molecule has 0 aliphatic heterocycles. The number of carbonyl (C=O) groups excluding carboxylic acids is 2. The van der Waals surface area contributed by atoms with Gasteiger partial charge in [0.25, 0.3) is 0 Å². The SMILES string of the molecule is CC12C=CC(=O)C=C1CCC1C2C(O)CC2(C)C1CC[C@]2(OC(=O)C(Cl)Cl)C(=O)O. The molecule has 8 heteroatoms. The first-order chi connectivity index (χ1) is 14.0. The predicted molar refractivity (Wildman–Crippen MR) is 110 cm³/mol. The number of allylic oxidation sites excluding steroid dienone is 4. The van der Waals surface area contributed by atoms with E-state index >= 15 is 0 Å². The van der Waals surface area contributed by atoms with E-state index in [1.807, 2.05) is 6.08 Å². The highest BCUT2D eigenvalue weighted by Gasteiger charge is 2.71. The van der Waals surface area contributed by atoms with Gasteiger partial charge in [-0.3, -0.25) is 4.79 Å². The van der Waals surface area contributed by atoms with E-state index in [4.69, 9.17) is 27.9 Å². The van der Waals surface area contributed by atoms with Crippen LogP contribution in [-0.2, 0) is 19.1 Å². The van der Waals surface area contributed by atoms with Crippen molar-refractivity contribution in [3.8, 4) is 0 Å². The van der Waals surface area contributed by atoms with E-state index in [2.05, 4.69) is 6.92 Å². The smallest absolute Gasteiger partial charge is 0.348 e. The van der Waals surface area contributed by atoms with E-state index < -0.39 is 39.3 Å². The second kappa shape index (κ2) is 7.07. The highest BCUT2D eigenvalue weighted by molar-refractivity contribution is 6.53. The topological polar surface area (TPSA) is 101 Å². The van der Waals surface area contributed by atoms with Crippen LogP contribution in [0.4, 0.5) is 0 Å². The van der Waals surface area contributed by atoms with Crippen LogP contribution in [0.1, 0.15) is 46.0 Å². The fourth-order valence-corrected chi connectivity index (χ4v) is 7.18. The van der Waals surface area contributed by atoms with Crippen molar-refractivity contribution in [2.75, 3.05) is 0 Å². The van der Waals surface area contributed by atoms with Crippen molar-refractivity contribution in [1.82, 2.24) is 0 Å². The molecule has 0 bridgehead atoms. The maximum atomic E-state index is 12.4. The van der Waals surface area contributed by atoms with Crippen LogP contribution in [-0.4, -0.2) is 44.5 Å². The zero-order valence-electron chi connectivity index (χ0n) is 16.9. The number of rotatable bonds is 3. The standard InChI is InChI=1S/C22H26Cl2O6/c1-20-7-5-12(25)9-11(20)3-4-13-14-6-8-22(19(28)29,30-18(27)17(23)24)21(14,2)10-15(26)16(13)20/h5,7,9,13-17,26H,3-4,6,8,10H2,1-2H3,(H,28,29)/t13?,14?,15?,16?,20?,21?,22-/m0/s1. The van der Waals surface area contributed by atoms with Gasteiger partial charge in [0.05, 0.1) is 6.10 Å². The molecule has 30 heavy (non-hydrogen) atoms. The van der Waals surface area contributed by atoms with Crippen LogP contribution in [0.5, 0.6) is 0 Å². The Labute approximate surface area is 185 Å². The number of alkyl halides is 2. The van der Waals surface area contributed by atoms with Crippen molar-refractivity contribution in [1.29, 1.82) is 0 Å². The minimum atomic E-state index is -1.78. The molecule has 0 radical (unpaired) electrons. The van der Waals surface area contributed by atoms with Crippen molar-refractivity contribution in [3.63, 3.8) is 0 Å². The van der Waals surface area contributed by atoms with Crippen molar-refractivity contribution < 1.29 is 29.3 Å². The Morgan fingerprint density at radius 1 is 1.27 bits per heavy atom. The fraction of sp³-hybridized carbons (Fsp3) is 0.682. The first kappa shape index (κ1) is 21.8. The van der Waals surface area contributed by atoms with Crippen LogP contribution in [0.15, 0.2) is 23.8 Å². The van der Waals surface area contributed by atoms with E-state index in [0.29, 0.717) is 6.42 Å². The quantitative estimate of drug-likeness (QED) is 0.498. The first-order valence-electron chi connectivity index (χ1n) is 10.3. The number of carbonyl (C=O) groups is 3. The summed E-state index contributed by atoms with van der Waals surface area (Å²) in [5.41, 5.74) is -2.15. The Morgan fingerprint density at radius 3 is 2.60 bits per heavy atom. The lowest BCUT2D eigenvalue weighted by atomic mass is 9.46. The number of halogens is 2. The summed E-state index contributed by atoms with van der Waals surface area (Å²) in [6.45, 7) is 3.85. The molecule has 6 nitrogen and oxygen atoms in total. The third kappa shape index (κ3) is 2.83. The lowest BCUT2D eigenvalue weighted by Crippen LogP contribution is -2.62. The van der Waals surface area contributed by atoms with Crippen LogP contribution in [0.25, 0.3) is 0 Å². The molecular weight excluding hydrogens is 431 g/mol. The summed E-state index contributed by atoms with van der Waals surface area (Å²) in [6, 6.07) is 0. The van der Waals surface area contributed by atoms with Crippen molar-refractivity contribution in [2.24, 2.45) is 28.6 Å². The Morgan fingerprint density at radius 2 is 1.97 bits per heavy atom. The number of aliphatic carboxylic acids is 1. The normalized spacial score (nSPS) is 44.7. The Kier molecular flexibility index (Phi) is 5.15. The van der Waals surface area contributed by atoms with Gasteiger partial charge in [-0.2, -0.15) is 0 Å². The van der Waals surface area contributed by atoms with E-state index in [9.17, 15) is 24.6 Å². The summed E-state index contributed by atoms with van der Waals surface area (Å²) in [4.78, 5) is 35.0. The summed E-state index contributed by atoms with van der Waals surface area (Å²) < 4.78 is 5.48. The van der Waals surface area contributed by atoms with Gasteiger partial charge in [-0.1, -0.05) is 48.7 Å². The number of carboxylic acid groups (broad SMARTS) is 1. The van der Waals surface area contributed by atoms with Gasteiger partial charge in [0.15, 0.2) is 5.78 Å². The molecule has 0 spiro atoms. The van der Waals surface area contributed by atoms with Gasteiger partial charge in [-0.25, -0.2) is 9.59 Å². The number of aliphatic hydroxyl groups is 1. The highest BCUT2D eigenvalue weighted by Crippen LogP contribution is 2.67. The van der Waals surface area contributed by atoms with Gasteiger partial charge >= 0.3 is 11.9 Å². The molecule has 3 saturated carbocycles. The van der Waals surface area contributed by atoms with Gasteiger partial charge in [0.1, 0.15) is 0 Å². The van der Waals surface area contributed by atoms with E-state index in [0.717, 1.165) is 18.4 Å². The minimum absolute atomic E-state index is 0.0366. The Bertz CT molecular complexity index is 866. The zero-order chi connectivity index (χ0) is 22.1. The second-order valence-electron chi connectivity index (χ2n) is 9.60. The Hall–Kier alpha value is -1.37. The number of hydrogen-bond acceptors (Lipinski definition) is 5. The van der Waals surface area contributed by atoms with Crippen molar-refractivity contribution >= 4 is 40.9 Å². The molecule has 6 unspecified atom stereocenters. The molecule has 0 heterocycles. The van der Waals surface area contributed by atoms with Gasteiger partial charge in [0.2, 0.25) is 10.4 Å². The van der Waals surface area contributed by atoms with Gasteiger partial charge in [-0.15, -0.1) is 0 Å². The first-order valence-corrected chi connectivity index (χ1v) is 11.2. The maximum absolute atomic E-state index is 12.4. The molecule has 7 atom stereocenters. The average molecular weight is 457 g/mol. The molecule has 164 valence electrons. The van der Waals surface area contributed by atoms with Gasteiger partial charge in [-0.05, 0) is 56.1 Å². The molecule has 0 aromatic rings. The number of ketones is 1. The molecule has 2 N–H and O–H groups in total. The minimum Gasteiger partial charge on any atom is -0.478 e. The van der Waals surface area contributed by atoms with E-state index in [1.54, 1.807) is 19.1 Å². The third-order valence-electron chi connectivity index (χ3n) is 8.41. The zero-order valence-corrected chi connectivity index (χ0v) is 18.4. The Balaban J connectivity index is 1.74. The molecule has 0 aromatic heterocycles. The fourth-order valence-electron chi connectivity index (χ4n) is 7.09. The molecular formula is C22H26Cl2O6. The number of carboxylic acids is 1. The lowest BCUT2D eigenvalue weighted by molar-refractivity contribution is -0.208. The van der Waals surface area contributed by atoms with Crippen LogP contribution in [0.3, 0.4) is 0 Å². The lowest BCUT2D eigenvalue weighted by Gasteiger charge is -2.59. The molecule has 0 amide bonds. The van der Waals surface area contributed by atoms with Crippen LogP contribution < -0.4 is 0 Å². The summed E-state index contributed by atoms with van der Waals surface area (Å²) in [6.07, 6.45) is 6.70. The number of ether oxygens (including phenoxy) is 1. The van der Waals surface area contributed by atoms with Gasteiger partial charge in [0, 0.05) is 16.7 Å². The average Bonchev–Trinajstić information content (AvgIpc) is 2.94. The van der Waals surface area contributed by atoms with E-state index in [1.165, 1.54) is 0 Å². The monoisotopic (exact) mass is 456 g/mol. The molecule has 4 aliphatic rings. The van der Waals surface area contributed by atoms with Crippen LogP contribution in [0.2, 0.25) is 0 Å². The highest BCUT2D eigenvalue weighted by atomic mass is 35.5. The van der Waals surface area contributed by atoms with Gasteiger partial charge < -0.3 is 14.9 Å². The number of esters is 1. The summed E-state index contributed by atoms with van der Waals surface area (Å²) in [5, 5.41) is 21.5. The number of aliphatic hydroxyl groups excluding tert-OH is 1. The van der Waals surface area contributed by atoms with E-state index in [-0.39, 0.29) is 36.4 Å². The molecule has 3 fully saturated rings. The molecule has 0 aromatic carbocycles. The largest absolute Gasteiger partial charge is 0.478 e. The maximum Gasteiger partial charge on any atom is 0.348 e. The van der Waals surface area contributed by atoms with Crippen molar-refractivity contribution in [3.05, 3.63) is 23.8 Å². The summed E-state index contributed by atoms with van der Waals surface area (Å²) in [5.74, 6) is -2.38. The molecule has 0 saturated heterocycles. The molecule has 4 rings (SSSR count). The van der Waals surface area contributed by atoms with Crippen LogP contribution in [0, 0.1) is 28.6 Å². The third-order valence-corrected chi connectivity index (χ3v) is 8.77. The number of fused-ring (bicyclic) bond motifs is 5. The van der Waals surface area contributed by atoms with Crippen LogP contribution >= 0.6 is 23.2 Å². The van der Waals surface area contributed by atoms with Crippen molar-refractivity contribution in [2.45, 2.75) is 62.5 Å². The summed E-state index contributed by atoms with van der Waals surface area (Å²) in [7, 11) is 0. The number of hydrogen-bond donors (Lipinski definition) is 2. The second-order valence-corrected chi connectivity index (χ2v) is 10.7. The predicted octanol–water partition coefficient (Wildman–Crippen LogP) is 3.44. The molecule has 4 aliphatic carbocycles. The summed E-state index contributed by atoms with van der Waals surface area (Å²) >= 11 is 11.3.